The van der Waals surface area contributed by atoms with Crippen LogP contribution in [0.3, 0.4) is 0 Å². The monoisotopic (exact) mass is 439 g/mol. The Balaban J connectivity index is 1.41. The maximum atomic E-state index is 13.1. The van der Waals surface area contributed by atoms with E-state index in [-0.39, 0.29) is 28.6 Å². The van der Waals surface area contributed by atoms with Gasteiger partial charge in [-0.15, -0.1) is 0 Å². The lowest BCUT2D eigenvalue weighted by Gasteiger charge is -2.16. The zero-order valence-electron chi connectivity index (χ0n) is 17.9. The molecule has 1 aliphatic heterocycles. The summed E-state index contributed by atoms with van der Waals surface area (Å²) in [5.74, 6) is -1.60. The molecular formula is C26H21N3O4. The molecule has 2 aliphatic rings. The molecule has 3 aromatic carbocycles. The molecule has 1 fully saturated rings. The highest BCUT2D eigenvalue weighted by Crippen LogP contribution is 2.31. The molecule has 1 saturated carbocycles. The number of nitrogens with one attached hydrogen (secondary N) is 2. The number of carbonyl (C=O) groups excluding carboxylic acids is 4. The van der Waals surface area contributed by atoms with Crippen LogP contribution in [-0.2, 0) is 0 Å². The summed E-state index contributed by atoms with van der Waals surface area (Å²) in [5, 5.41) is 5.68. The number of hydrogen-bond donors (Lipinski definition) is 2. The van der Waals surface area contributed by atoms with Gasteiger partial charge in [0.15, 0.2) is 0 Å². The summed E-state index contributed by atoms with van der Waals surface area (Å²) in [7, 11) is 0. The van der Waals surface area contributed by atoms with E-state index < -0.39 is 17.7 Å². The van der Waals surface area contributed by atoms with Crippen molar-refractivity contribution >= 4 is 35.0 Å². The molecule has 0 radical (unpaired) electrons. The number of fused-ring (bicyclic) bond motifs is 1. The van der Waals surface area contributed by atoms with E-state index in [1.807, 2.05) is 19.1 Å². The third kappa shape index (κ3) is 3.78. The van der Waals surface area contributed by atoms with Crippen molar-refractivity contribution in [2.75, 3.05) is 10.2 Å². The van der Waals surface area contributed by atoms with Crippen LogP contribution in [0.1, 0.15) is 59.8 Å². The number of anilines is 2. The number of nitrogens with zero attached hydrogens (tertiary/aromatic N) is 1. The minimum Gasteiger partial charge on any atom is -0.349 e. The van der Waals surface area contributed by atoms with E-state index in [0.29, 0.717) is 16.9 Å². The first-order valence-corrected chi connectivity index (χ1v) is 10.7. The van der Waals surface area contributed by atoms with Crippen molar-refractivity contribution in [1.29, 1.82) is 0 Å². The van der Waals surface area contributed by atoms with Crippen LogP contribution in [-0.4, -0.2) is 29.7 Å². The van der Waals surface area contributed by atoms with Gasteiger partial charge in [0, 0.05) is 11.6 Å². The molecule has 5 rings (SSSR count). The molecule has 0 saturated heterocycles. The highest BCUT2D eigenvalue weighted by molar-refractivity contribution is 6.35. The van der Waals surface area contributed by atoms with Gasteiger partial charge in [0.2, 0.25) is 0 Å². The zero-order chi connectivity index (χ0) is 23.1. The molecule has 0 bridgehead atoms. The van der Waals surface area contributed by atoms with Crippen LogP contribution in [0.5, 0.6) is 0 Å². The lowest BCUT2D eigenvalue weighted by Crippen LogP contribution is -2.29. The summed E-state index contributed by atoms with van der Waals surface area (Å²) < 4.78 is 0. The smallest absolute Gasteiger partial charge is 0.266 e. The molecule has 164 valence electrons. The topological polar surface area (TPSA) is 95.6 Å². The van der Waals surface area contributed by atoms with Gasteiger partial charge in [-0.3, -0.25) is 19.2 Å². The first kappa shape index (κ1) is 20.6. The molecule has 7 heteroatoms. The summed E-state index contributed by atoms with van der Waals surface area (Å²) in [6, 6.07) is 18.5. The van der Waals surface area contributed by atoms with Gasteiger partial charge in [0.05, 0.1) is 28.1 Å². The second kappa shape index (κ2) is 8.02. The van der Waals surface area contributed by atoms with E-state index in [1.54, 1.807) is 36.4 Å². The molecule has 0 atom stereocenters. The fourth-order valence-corrected chi connectivity index (χ4v) is 3.89. The van der Waals surface area contributed by atoms with E-state index >= 15 is 0 Å². The molecule has 3 aromatic rings. The van der Waals surface area contributed by atoms with Gasteiger partial charge in [-0.25, -0.2) is 4.90 Å². The van der Waals surface area contributed by atoms with E-state index in [0.717, 1.165) is 23.3 Å². The number of hydrogen-bond acceptors (Lipinski definition) is 4. The summed E-state index contributed by atoms with van der Waals surface area (Å²) in [4.78, 5) is 52.6. The number of rotatable bonds is 5. The molecular weight excluding hydrogens is 418 g/mol. The van der Waals surface area contributed by atoms with Gasteiger partial charge in [0.1, 0.15) is 0 Å². The number of aryl methyl sites for hydroxylation is 1. The SMILES string of the molecule is Cc1ccccc1N1C(=O)c2ccc(C(=O)Nc3ccccc3C(=O)NC3CC3)cc2C1=O. The van der Waals surface area contributed by atoms with Crippen LogP contribution in [0.2, 0.25) is 0 Å². The maximum absolute atomic E-state index is 13.1. The zero-order valence-corrected chi connectivity index (χ0v) is 17.9. The molecule has 0 aromatic heterocycles. The Morgan fingerprint density at radius 2 is 1.55 bits per heavy atom. The van der Waals surface area contributed by atoms with E-state index in [2.05, 4.69) is 10.6 Å². The predicted octanol–water partition coefficient (Wildman–Crippen LogP) is 3.94. The second-order valence-electron chi connectivity index (χ2n) is 8.24. The van der Waals surface area contributed by atoms with Gasteiger partial charge in [-0.2, -0.15) is 0 Å². The van der Waals surface area contributed by atoms with Crippen LogP contribution in [0.15, 0.2) is 66.7 Å². The molecule has 1 heterocycles. The maximum Gasteiger partial charge on any atom is 0.266 e. The summed E-state index contributed by atoms with van der Waals surface area (Å²) >= 11 is 0. The van der Waals surface area contributed by atoms with Gasteiger partial charge < -0.3 is 10.6 Å². The van der Waals surface area contributed by atoms with Crippen LogP contribution in [0.25, 0.3) is 0 Å². The quantitative estimate of drug-likeness (QED) is 0.589. The van der Waals surface area contributed by atoms with Crippen LogP contribution in [0.4, 0.5) is 11.4 Å². The minimum atomic E-state index is -0.473. The first-order valence-electron chi connectivity index (χ1n) is 10.7. The lowest BCUT2D eigenvalue weighted by atomic mass is 10.0. The van der Waals surface area contributed by atoms with Crippen molar-refractivity contribution in [2.45, 2.75) is 25.8 Å². The van der Waals surface area contributed by atoms with Gasteiger partial charge in [-0.05, 0) is 61.7 Å². The molecule has 4 amide bonds. The van der Waals surface area contributed by atoms with Gasteiger partial charge >= 0.3 is 0 Å². The van der Waals surface area contributed by atoms with Crippen LogP contribution >= 0.6 is 0 Å². The van der Waals surface area contributed by atoms with E-state index in [4.69, 9.17) is 0 Å². The highest BCUT2D eigenvalue weighted by Gasteiger charge is 2.37. The lowest BCUT2D eigenvalue weighted by molar-refractivity contribution is 0.0921. The Morgan fingerprint density at radius 1 is 0.848 bits per heavy atom. The van der Waals surface area contributed by atoms with Crippen molar-refractivity contribution in [3.8, 4) is 0 Å². The third-order valence-electron chi connectivity index (χ3n) is 5.84. The third-order valence-corrected chi connectivity index (χ3v) is 5.84. The number of benzene rings is 3. The largest absolute Gasteiger partial charge is 0.349 e. The Kier molecular flexibility index (Phi) is 5.01. The fraction of sp³-hybridized carbons (Fsp3) is 0.154. The Morgan fingerprint density at radius 3 is 2.30 bits per heavy atom. The summed E-state index contributed by atoms with van der Waals surface area (Å²) in [5.41, 5.74) is 2.72. The van der Waals surface area contributed by atoms with Crippen molar-refractivity contribution in [3.63, 3.8) is 0 Å². The standard InChI is InChI=1S/C26H21N3O4/c1-15-6-2-5-9-22(15)29-25(32)18-13-10-16(14-20(18)26(29)33)23(30)28-21-8-4-3-7-19(21)24(31)27-17-11-12-17/h2-10,13-14,17H,11-12H2,1H3,(H,27,31)(H,28,30). The Labute approximate surface area is 190 Å². The second-order valence-corrected chi connectivity index (χ2v) is 8.24. The van der Waals surface area contributed by atoms with Crippen molar-refractivity contribution in [3.05, 3.63) is 94.5 Å². The van der Waals surface area contributed by atoms with Gasteiger partial charge in [0.25, 0.3) is 23.6 Å². The molecule has 7 nitrogen and oxygen atoms in total. The van der Waals surface area contributed by atoms with Crippen LogP contribution < -0.4 is 15.5 Å². The van der Waals surface area contributed by atoms with Gasteiger partial charge in [-0.1, -0.05) is 30.3 Å². The summed E-state index contributed by atoms with van der Waals surface area (Å²) in [6.07, 6.45) is 1.92. The molecule has 0 unspecified atom stereocenters. The Bertz CT molecular complexity index is 1330. The number of imide groups is 1. The first-order chi connectivity index (χ1) is 15.9. The molecule has 1 aliphatic carbocycles. The van der Waals surface area contributed by atoms with Crippen molar-refractivity contribution in [2.24, 2.45) is 0 Å². The van der Waals surface area contributed by atoms with Crippen LogP contribution in [0, 0.1) is 6.92 Å². The average molecular weight is 439 g/mol. The summed E-state index contributed by atoms with van der Waals surface area (Å²) in [6.45, 7) is 1.83. The molecule has 33 heavy (non-hydrogen) atoms. The number of carbonyl (C=O) groups is 4. The number of amides is 4. The van der Waals surface area contributed by atoms with Crippen molar-refractivity contribution < 1.29 is 19.2 Å². The highest BCUT2D eigenvalue weighted by atomic mass is 16.2. The predicted molar refractivity (Wildman–Crippen MR) is 124 cm³/mol. The fourth-order valence-electron chi connectivity index (χ4n) is 3.89. The van der Waals surface area contributed by atoms with Crippen molar-refractivity contribution in [1.82, 2.24) is 5.32 Å². The minimum absolute atomic E-state index is 0.177. The molecule has 2 N–H and O–H groups in total. The average Bonchev–Trinajstić information content (AvgIpc) is 3.60. The van der Waals surface area contributed by atoms with E-state index in [1.165, 1.54) is 18.2 Å². The molecule has 0 spiro atoms. The normalized spacial score (nSPS) is 14.8. The Hall–Kier alpha value is -4.26. The van der Waals surface area contributed by atoms with E-state index in [9.17, 15) is 19.2 Å². The number of para-hydroxylation sites is 2.